The summed E-state index contributed by atoms with van der Waals surface area (Å²) in [5.41, 5.74) is 11.3. The zero-order valence-corrected chi connectivity index (χ0v) is 10.2. The van der Waals surface area contributed by atoms with Gasteiger partial charge >= 0.3 is 21.1 Å². The first-order chi connectivity index (χ1) is 6.07. The van der Waals surface area contributed by atoms with Gasteiger partial charge in [-0.1, -0.05) is 19.4 Å². The average molecular weight is 383 g/mol. The molecule has 6 heteroatoms. The van der Waals surface area contributed by atoms with Crippen LogP contribution >= 0.6 is 0 Å². The van der Waals surface area contributed by atoms with Crippen LogP contribution in [0.3, 0.4) is 0 Å². The van der Waals surface area contributed by atoms with Crippen molar-refractivity contribution in [1.29, 1.82) is 0 Å². The van der Waals surface area contributed by atoms with Gasteiger partial charge in [0.15, 0.2) is 0 Å². The molecular weight excluding hydrogens is 367 g/mol. The summed E-state index contributed by atoms with van der Waals surface area (Å²) in [6.45, 7) is -1.14. The van der Waals surface area contributed by atoms with E-state index < -0.39 is 12.6 Å². The Morgan fingerprint density at radius 1 is 1.21 bits per heavy atom. The third-order valence-corrected chi connectivity index (χ3v) is 1.99. The van der Waals surface area contributed by atoms with Crippen LogP contribution in [0.2, 0.25) is 0 Å². The van der Waals surface area contributed by atoms with Crippen LogP contribution in [0.1, 0.15) is 25.7 Å². The quantitative estimate of drug-likeness (QED) is 0.512. The van der Waals surface area contributed by atoms with Crippen molar-refractivity contribution >= 4 is 5.97 Å². The van der Waals surface area contributed by atoms with E-state index in [4.69, 9.17) is 26.5 Å². The molecule has 86 valence electrons. The molecule has 0 amide bonds. The Labute approximate surface area is 98.1 Å². The Balaban J connectivity index is 0. The molecular formula is C8H16N2O3Pt. The van der Waals surface area contributed by atoms with E-state index in [-0.39, 0.29) is 33.1 Å². The van der Waals surface area contributed by atoms with Gasteiger partial charge in [0.25, 0.3) is 0 Å². The fourth-order valence-corrected chi connectivity index (χ4v) is 1.19. The molecule has 1 fully saturated rings. The van der Waals surface area contributed by atoms with Crippen LogP contribution in [0.5, 0.6) is 0 Å². The fraction of sp³-hybridized carbons (Fsp3) is 0.875. The second-order valence-corrected chi connectivity index (χ2v) is 3.13. The van der Waals surface area contributed by atoms with Gasteiger partial charge in [0.2, 0.25) is 0 Å². The summed E-state index contributed by atoms with van der Waals surface area (Å²) in [6.07, 6.45) is 4.80. The van der Waals surface area contributed by atoms with E-state index in [1.807, 2.05) is 0 Å². The van der Waals surface area contributed by atoms with Crippen molar-refractivity contribution in [3.05, 3.63) is 0 Å². The van der Waals surface area contributed by atoms with Crippen molar-refractivity contribution < 1.29 is 36.1 Å². The van der Waals surface area contributed by atoms with Crippen LogP contribution in [0.15, 0.2) is 0 Å². The minimum absolute atomic E-state index is 0. The van der Waals surface area contributed by atoms with E-state index in [2.05, 4.69) is 0 Å². The topological polar surface area (TPSA) is 115 Å². The molecule has 4 N–H and O–H groups in total. The van der Waals surface area contributed by atoms with Gasteiger partial charge in [-0.05, 0) is 12.8 Å². The monoisotopic (exact) mass is 383 g/mol. The van der Waals surface area contributed by atoms with E-state index in [0.29, 0.717) is 0 Å². The Morgan fingerprint density at radius 2 is 1.50 bits per heavy atom. The number of carbonyl (C=O) groups excluding carboxylic acids is 1. The van der Waals surface area contributed by atoms with E-state index in [9.17, 15) is 0 Å². The summed E-state index contributed by atoms with van der Waals surface area (Å²) in [5.74, 6) is -1.55. The smallest absolute Gasteiger partial charge is 0.850 e. The molecule has 0 aromatic carbocycles. The molecule has 1 aliphatic rings. The van der Waals surface area contributed by atoms with Crippen molar-refractivity contribution in [3.8, 4) is 0 Å². The number of rotatable bonds is 1. The van der Waals surface area contributed by atoms with Gasteiger partial charge in [0.05, 0.1) is 0 Å². The van der Waals surface area contributed by atoms with Crippen LogP contribution in [0.25, 0.3) is 0 Å². The summed E-state index contributed by atoms with van der Waals surface area (Å²) >= 11 is 0. The molecule has 0 bridgehead atoms. The number of carboxylic acids is 1. The summed E-state index contributed by atoms with van der Waals surface area (Å²) in [5, 5.41) is 17.9. The number of hydrogen-bond donors (Lipinski definition) is 2. The molecule has 0 unspecified atom stereocenters. The third kappa shape index (κ3) is 8.63. The Hall–Kier alpha value is 0.0383. The van der Waals surface area contributed by atoms with Crippen LogP contribution in [0, 0.1) is 0 Å². The van der Waals surface area contributed by atoms with Crippen molar-refractivity contribution in [2.24, 2.45) is 11.5 Å². The van der Waals surface area contributed by atoms with E-state index in [1.165, 1.54) is 12.8 Å². The molecule has 1 aliphatic carbocycles. The van der Waals surface area contributed by atoms with E-state index >= 15 is 0 Å². The van der Waals surface area contributed by atoms with Gasteiger partial charge < -0.3 is 26.5 Å². The van der Waals surface area contributed by atoms with Gasteiger partial charge in [-0.2, -0.15) is 0 Å². The standard InChI is InChI=1S/C6H14N2.C2H3O3.Pt/c7-5-3-1-2-4-6(5)8;3-1-2(4)5;/h5-6H,1-4,7-8H2;1H2,(H,4,5);/q;-1;+2/p-1/t5-,6+;;. The van der Waals surface area contributed by atoms with Crippen LogP contribution < -0.4 is 21.7 Å². The maximum atomic E-state index is 8.97. The predicted octanol–water partition coefficient (Wildman–Crippen LogP) is -2.69. The number of aliphatic carboxylic acids is 1. The summed E-state index contributed by atoms with van der Waals surface area (Å²) in [6, 6.07) is 0.562. The maximum Gasteiger partial charge on any atom is 2.00 e. The predicted molar refractivity (Wildman–Crippen MR) is 44.3 cm³/mol. The minimum atomic E-state index is -1.55. The Kier molecular flexibility index (Phi) is 11.3. The molecule has 0 aliphatic heterocycles. The zero-order chi connectivity index (χ0) is 10.3. The average Bonchev–Trinajstić information content (AvgIpc) is 2.11. The summed E-state index contributed by atoms with van der Waals surface area (Å²) in [7, 11) is 0. The van der Waals surface area contributed by atoms with Crippen molar-refractivity contribution in [2.75, 3.05) is 6.61 Å². The number of carboxylic acid groups (broad SMARTS) is 1. The van der Waals surface area contributed by atoms with Gasteiger partial charge in [0.1, 0.15) is 0 Å². The van der Waals surface area contributed by atoms with Crippen molar-refractivity contribution in [1.82, 2.24) is 0 Å². The number of hydrogen-bond acceptors (Lipinski definition) is 5. The second kappa shape index (κ2) is 9.59. The molecule has 1 saturated carbocycles. The Morgan fingerprint density at radius 3 is 1.64 bits per heavy atom. The SMILES string of the molecule is N[C@@H]1CCCC[C@@H]1N.O=C([O-])C[O-].[Pt+2]. The first-order valence-corrected chi connectivity index (χ1v) is 4.37. The molecule has 2 atom stereocenters. The van der Waals surface area contributed by atoms with Gasteiger partial charge in [-0.25, -0.2) is 0 Å². The number of carbonyl (C=O) groups is 1. The zero-order valence-electron chi connectivity index (χ0n) is 7.89. The van der Waals surface area contributed by atoms with Gasteiger partial charge in [-0.3, -0.25) is 0 Å². The maximum absolute atomic E-state index is 8.97. The van der Waals surface area contributed by atoms with Gasteiger partial charge in [-0.15, -0.1) is 0 Å². The van der Waals surface area contributed by atoms with Crippen molar-refractivity contribution in [2.45, 2.75) is 37.8 Å². The molecule has 0 aromatic heterocycles. The van der Waals surface area contributed by atoms with Crippen LogP contribution in [-0.4, -0.2) is 24.7 Å². The van der Waals surface area contributed by atoms with Crippen molar-refractivity contribution in [3.63, 3.8) is 0 Å². The van der Waals surface area contributed by atoms with Crippen LogP contribution in [-0.2, 0) is 25.9 Å². The van der Waals surface area contributed by atoms with Gasteiger partial charge in [0, 0.05) is 18.1 Å². The molecule has 14 heavy (non-hydrogen) atoms. The molecule has 0 saturated heterocycles. The summed E-state index contributed by atoms with van der Waals surface area (Å²) < 4.78 is 0. The molecule has 0 aromatic rings. The molecule has 1 rings (SSSR count). The first kappa shape index (κ1) is 16.5. The normalized spacial score (nSPS) is 25.4. The summed E-state index contributed by atoms with van der Waals surface area (Å²) in [4.78, 5) is 8.94. The molecule has 5 nitrogen and oxygen atoms in total. The van der Waals surface area contributed by atoms with E-state index in [1.54, 1.807) is 0 Å². The molecule has 0 spiro atoms. The second-order valence-electron chi connectivity index (χ2n) is 3.13. The van der Waals surface area contributed by atoms with E-state index in [0.717, 1.165) is 12.8 Å². The Bertz CT molecular complexity index is 148. The molecule has 0 radical (unpaired) electrons. The molecule has 0 heterocycles. The van der Waals surface area contributed by atoms with Crippen LogP contribution in [0.4, 0.5) is 0 Å². The minimum Gasteiger partial charge on any atom is -0.850 e. The first-order valence-electron chi connectivity index (χ1n) is 4.37. The third-order valence-electron chi connectivity index (χ3n) is 1.99. The fourth-order valence-electron chi connectivity index (χ4n) is 1.19. The largest absolute Gasteiger partial charge is 2.00 e. The number of nitrogens with two attached hydrogens (primary N) is 2.